The third-order valence-corrected chi connectivity index (χ3v) is 31.3. The van der Waals surface area contributed by atoms with Gasteiger partial charge >= 0.3 is 0 Å². The second-order valence-electron chi connectivity index (χ2n) is 36.2. The zero-order chi connectivity index (χ0) is 78.7. The number of fused-ring (bicyclic) bond motifs is 12. The molecule has 0 N–H and O–H groups in total. The Morgan fingerprint density at radius 3 is 0.967 bits per heavy atom. The summed E-state index contributed by atoms with van der Waals surface area (Å²) in [6, 6.07) is 140. The second kappa shape index (κ2) is 27.9. The van der Waals surface area contributed by atoms with Gasteiger partial charge in [0.2, 0.25) is 0 Å². The third kappa shape index (κ3) is 11.1. The highest BCUT2D eigenvalue weighted by molar-refractivity contribution is 7.25. The van der Waals surface area contributed by atoms with Crippen molar-refractivity contribution >= 4 is 87.6 Å². The smallest absolute Gasteiger partial charge is 0.137 e. The van der Waals surface area contributed by atoms with Gasteiger partial charge in [-0.2, -0.15) is 0 Å². The van der Waals surface area contributed by atoms with Crippen LogP contribution in [0.2, 0.25) is 0 Å². The topological polar surface area (TPSA) is 19.6 Å². The molecular weight excluding hydrogens is 1470 g/mol. The van der Waals surface area contributed by atoms with Gasteiger partial charge in [0, 0.05) is 82.0 Å². The van der Waals surface area contributed by atoms with E-state index in [1.54, 1.807) is 22.3 Å². The first-order valence-corrected chi connectivity index (χ1v) is 44.8. The van der Waals surface area contributed by atoms with E-state index in [0.29, 0.717) is 0 Å². The van der Waals surface area contributed by atoms with Crippen LogP contribution < -0.4 is 9.80 Å². The predicted molar refractivity (Wildman–Crippen MR) is 502 cm³/mol. The van der Waals surface area contributed by atoms with Gasteiger partial charge < -0.3 is 14.2 Å². The Hall–Kier alpha value is -12.9. The van der Waals surface area contributed by atoms with Crippen molar-refractivity contribution in [2.45, 2.75) is 75.0 Å². The van der Waals surface area contributed by atoms with Gasteiger partial charge in [0.05, 0.1) is 0 Å². The van der Waals surface area contributed by atoms with Crippen molar-refractivity contribution in [3.05, 3.63) is 398 Å². The first-order chi connectivity index (χ1) is 59.4. The van der Waals surface area contributed by atoms with E-state index in [4.69, 9.17) is 4.42 Å². The summed E-state index contributed by atoms with van der Waals surface area (Å²) in [7, 11) is 0. The summed E-state index contributed by atoms with van der Waals surface area (Å²) in [6.45, 7) is 0. The minimum absolute atomic E-state index is 0.146. The Morgan fingerprint density at radius 2 is 0.525 bits per heavy atom. The van der Waals surface area contributed by atoms with Crippen LogP contribution in [0.5, 0.6) is 0 Å². The minimum atomic E-state index is 0.146. The fraction of sp³-hybridized carbons (Fsp3) is 0.172. The number of nitrogens with zero attached hydrogens (tertiary/aromatic N) is 2. The van der Waals surface area contributed by atoms with E-state index in [9.17, 15) is 0 Å². The van der Waals surface area contributed by atoms with Crippen LogP contribution in [0.3, 0.4) is 0 Å². The lowest BCUT2D eigenvalue weighted by atomic mass is 9.42. The standard InChI is InChI=1S/C58H45NO.C58H45NS/c2*1-2-9-39(10-3-1)41-21-25-46(26-22-41)59(48-29-30-52-51-12-5-7-16-55(51)60-56(52)36-48)47-27-23-42(24-28-47)40-17-19-43(20-18-40)49-13-8-14-53-50-11-4-6-15-54(50)58(57(49)53)44-32-37-31-38(34-44)35-45(58)33-37/h2*1-30,36-38,44-45H,31-35H2. The van der Waals surface area contributed by atoms with Crippen LogP contribution in [0.4, 0.5) is 34.1 Å². The summed E-state index contributed by atoms with van der Waals surface area (Å²) in [5, 5.41) is 4.91. The molecule has 10 aliphatic rings. The zero-order valence-corrected chi connectivity index (χ0v) is 68.0. The molecule has 4 heteroatoms. The molecule has 18 aromatic rings. The largest absolute Gasteiger partial charge is 0.456 e. The molecule has 0 amide bonds. The van der Waals surface area contributed by atoms with E-state index >= 15 is 0 Å². The molecule has 28 rings (SSSR count). The first kappa shape index (κ1) is 70.2. The molecule has 10 aliphatic carbocycles. The summed E-state index contributed by atoms with van der Waals surface area (Å²) >= 11 is 1.87. The Balaban J connectivity index is 0.000000133. The van der Waals surface area contributed by atoms with Gasteiger partial charge in [-0.1, -0.05) is 285 Å². The molecule has 576 valence electrons. The van der Waals surface area contributed by atoms with Crippen LogP contribution in [0.1, 0.15) is 86.5 Å². The highest BCUT2D eigenvalue weighted by Crippen LogP contribution is 2.73. The highest BCUT2D eigenvalue weighted by atomic mass is 32.1. The summed E-state index contributed by atoms with van der Waals surface area (Å²) in [5.74, 6) is 6.73. The van der Waals surface area contributed by atoms with Crippen LogP contribution in [-0.4, -0.2) is 0 Å². The van der Waals surface area contributed by atoms with Gasteiger partial charge in [-0.05, 0) is 308 Å². The Kier molecular flexibility index (Phi) is 16.3. The summed E-state index contributed by atoms with van der Waals surface area (Å²) in [4.78, 5) is 4.74. The maximum absolute atomic E-state index is 6.38. The Morgan fingerprint density at radius 1 is 0.217 bits per heavy atom. The fourth-order valence-electron chi connectivity index (χ4n) is 25.7. The van der Waals surface area contributed by atoms with E-state index < -0.39 is 0 Å². The number of thiophene rings is 1. The lowest BCUT2D eigenvalue weighted by Gasteiger charge is -2.61. The molecule has 120 heavy (non-hydrogen) atoms. The minimum Gasteiger partial charge on any atom is -0.456 e. The second-order valence-corrected chi connectivity index (χ2v) is 37.3. The number of benzene rings is 16. The third-order valence-electron chi connectivity index (χ3n) is 30.1. The molecular formula is C116H90N2OS. The van der Waals surface area contributed by atoms with E-state index in [-0.39, 0.29) is 10.8 Å². The molecule has 0 aliphatic heterocycles. The van der Waals surface area contributed by atoms with Crippen molar-refractivity contribution in [2.75, 3.05) is 9.80 Å². The van der Waals surface area contributed by atoms with Crippen LogP contribution in [0.15, 0.2) is 381 Å². The fourth-order valence-corrected chi connectivity index (χ4v) is 26.8. The quantitative estimate of drug-likeness (QED) is 0.122. The van der Waals surface area contributed by atoms with E-state index in [0.717, 1.165) is 103 Å². The van der Waals surface area contributed by atoms with Crippen LogP contribution >= 0.6 is 11.3 Å². The first-order valence-electron chi connectivity index (χ1n) is 44.0. The number of hydrogen-bond acceptors (Lipinski definition) is 4. The SMILES string of the molecule is c1ccc(-c2ccc(N(c3ccc(-c4ccc(-c5cccc6c5C5(c7ccccc7-6)C6CC7CC(C6)CC5C7)cc4)cc3)c3ccc4c(c3)oc3ccccc34)cc2)cc1.c1ccc(-c2ccc(N(c3ccc(-c4ccc(-c5cccc6c5C5(c7ccccc7-6)C6CC7CC(C6)CC5C7)cc4)cc3)c3ccc4c(c3)sc3ccccc34)cc2)cc1. The van der Waals surface area contributed by atoms with Crippen molar-refractivity contribution in [3.8, 4) is 89.0 Å². The molecule has 3 nitrogen and oxygen atoms in total. The number of para-hydroxylation sites is 1. The van der Waals surface area contributed by atoms with Crippen LogP contribution in [0, 0.1) is 47.3 Å². The van der Waals surface area contributed by atoms with Gasteiger partial charge in [-0.25, -0.2) is 0 Å². The van der Waals surface area contributed by atoms with Gasteiger partial charge in [0.25, 0.3) is 0 Å². The maximum Gasteiger partial charge on any atom is 0.137 e. The van der Waals surface area contributed by atoms with Gasteiger partial charge in [0.1, 0.15) is 11.2 Å². The Labute approximate surface area is 706 Å². The molecule has 16 aromatic carbocycles. The molecule has 2 spiro atoms. The normalized spacial score (nSPS) is 22.1. The zero-order valence-electron chi connectivity index (χ0n) is 67.2. The van der Waals surface area contributed by atoms with Crippen molar-refractivity contribution < 1.29 is 4.42 Å². The molecule has 2 aromatic heterocycles. The van der Waals surface area contributed by atoms with Crippen LogP contribution in [-0.2, 0) is 10.8 Å². The van der Waals surface area contributed by atoms with Crippen LogP contribution in [0.25, 0.3) is 131 Å². The van der Waals surface area contributed by atoms with E-state index in [1.807, 2.05) is 23.5 Å². The number of hydrogen-bond donors (Lipinski definition) is 0. The average Bonchev–Trinajstić information content (AvgIpc) is 1.48. The summed E-state index contributed by atoms with van der Waals surface area (Å²) in [5.41, 5.74) is 36.6. The molecule has 8 saturated carbocycles. The van der Waals surface area contributed by atoms with E-state index in [2.05, 4.69) is 374 Å². The van der Waals surface area contributed by atoms with Gasteiger partial charge in [-0.15, -0.1) is 11.3 Å². The molecule has 0 saturated heterocycles. The molecule has 0 atom stereocenters. The van der Waals surface area contributed by atoms with Crippen molar-refractivity contribution in [2.24, 2.45) is 47.3 Å². The van der Waals surface area contributed by atoms with Gasteiger partial charge in [0.15, 0.2) is 0 Å². The monoisotopic (exact) mass is 1560 g/mol. The maximum atomic E-state index is 6.38. The van der Waals surface area contributed by atoms with E-state index in [1.165, 1.54) is 173 Å². The summed E-state index contributed by atoms with van der Waals surface area (Å²) < 4.78 is 9.01. The Bertz CT molecular complexity index is 6540. The van der Waals surface area contributed by atoms with Gasteiger partial charge in [-0.3, -0.25) is 0 Å². The van der Waals surface area contributed by atoms with Crippen molar-refractivity contribution in [1.29, 1.82) is 0 Å². The molecule has 2 heterocycles. The molecule has 0 radical (unpaired) electrons. The highest BCUT2D eigenvalue weighted by Gasteiger charge is 2.64. The van der Waals surface area contributed by atoms with Crippen molar-refractivity contribution in [3.63, 3.8) is 0 Å². The van der Waals surface area contributed by atoms with Crippen molar-refractivity contribution in [1.82, 2.24) is 0 Å². The molecule has 8 bridgehead atoms. The average molecular weight is 1560 g/mol. The lowest BCUT2D eigenvalue weighted by molar-refractivity contribution is -0.0397. The predicted octanol–water partition coefficient (Wildman–Crippen LogP) is 32.0. The summed E-state index contributed by atoms with van der Waals surface area (Å²) in [6.07, 6.45) is 14.2. The number of rotatable bonds is 12. The lowest BCUT2D eigenvalue weighted by Crippen LogP contribution is -2.55. The molecule has 8 fully saturated rings. The molecule has 0 unspecified atom stereocenters. The number of anilines is 6. The number of furan rings is 1.